The van der Waals surface area contributed by atoms with Crippen molar-refractivity contribution in [3.63, 3.8) is 0 Å². The number of piperidine rings is 1. The highest BCUT2D eigenvalue weighted by molar-refractivity contribution is 5.88. The monoisotopic (exact) mass is 314 g/mol. The predicted octanol–water partition coefficient (Wildman–Crippen LogP) is 3.77. The molecule has 0 spiro atoms. The number of anilines is 1. The molecule has 0 aromatic heterocycles. The van der Waals surface area contributed by atoms with E-state index in [-0.39, 0.29) is 17.5 Å². The fourth-order valence-electron chi connectivity index (χ4n) is 2.97. The summed E-state index contributed by atoms with van der Waals surface area (Å²) in [6.45, 7) is 5.04. The van der Waals surface area contributed by atoms with Crippen LogP contribution in [0.1, 0.15) is 43.7 Å². The molecule has 2 N–H and O–H groups in total. The topological polar surface area (TPSA) is 41.1 Å². The van der Waals surface area contributed by atoms with E-state index >= 15 is 0 Å². The molecule has 1 aromatic rings. The molecule has 0 aliphatic carbocycles. The molecular weight excluding hydrogens is 293 g/mol. The highest BCUT2D eigenvalue weighted by Crippen LogP contribution is 2.37. The number of hydrogen-bond donors (Lipinski definition) is 2. The third-order valence-corrected chi connectivity index (χ3v) is 4.22. The van der Waals surface area contributed by atoms with Crippen LogP contribution >= 0.6 is 0 Å². The third kappa shape index (κ3) is 4.22. The van der Waals surface area contributed by atoms with Gasteiger partial charge >= 0.3 is 6.18 Å². The van der Waals surface area contributed by atoms with E-state index in [4.69, 9.17) is 0 Å². The van der Waals surface area contributed by atoms with Crippen LogP contribution in [0.15, 0.2) is 18.2 Å². The number of nitrogens with one attached hydrogen (secondary N) is 2. The van der Waals surface area contributed by atoms with E-state index in [1.165, 1.54) is 13.0 Å². The van der Waals surface area contributed by atoms with Gasteiger partial charge in [0.15, 0.2) is 0 Å². The van der Waals surface area contributed by atoms with Gasteiger partial charge in [0, 0.05) is 12.6 Å². The van der Waals surface area contributed by atoms with Gasteiger partial charge in [0.05, 0.1) is 5.56 Å². The number of amides is 1. The summed E-state index contributed by atoms with van der Waals surface area (Å²) >= 11 is 0. The number of halogens is 3. The maximum absolute atomic E-state index is 13.1. The Morgan fingerprint density at radius 1 is 1.27 bits per heavy atom. The van der Waals surface area contributed by atoms with Crippen molar-refractivity contribution in [2.45, 2.75) is 38.8 Å². The summed E-state index contributed by atoms with van der Waals surface area (Å²) in [5.41, 5.74) is 0.123. The van der Waals surface area contributed by atoms with Crippen molar-refractivity contribution in [2.75, 3.05) is 18.4 Å². The van der Waals surface area contributed by atoms with E-state index in [2.05, 4.69) is 10.6 Å². The molecule has 1 unspecified atom stereocenters. The van der Waals surface area contributed by atoms with Crippen LogP contribution in [-0.2, 0) is 11.0 Å². The van der Waals surface area contributed by atoms with Crippen molar-refractivity contribution in [1.29, 1.82) is 0 Å². The maximum atomic E-state index is 13.1. The molecule has 22 heavy (non-hydrogen) atoms. The molecule has 0 radical (unpaired) electrons. The minimum absolute atomic E-state index is 0.0249. The first kappa shape index (κ1) is 16.8. The predicted molar refractivity (Wildman–Crippen MR) is 79.8 cm³/mol. The molecule has 1 aliphatic rings. The minimum atomic E-state index is -4.42. The lowest BCUT2D eigenvalue weighted by Gasteiger charge is -2.29. The quantitative estimate of drug-likeness (QED) is 0.892. The van der Waals surface area contributed by atoms with Crippen LogP contribution in [0.2, 0.25) is 0 Å². The summed E-state index contributed by atoms with van der Waals surface area (Å²) < 4.78 is 39.2. The first-order valence-corrected chi connectivity index (χ1v) is 7.48. The van der Waals surface area contributed by atoms with Crippen LogP contribution < -0.4 is 10.6 Å². The Morgan fingerprint density at radius 2 is 1.91 bits per heavy atom. The molecule has 1 heterocycles. The van der Waals surface area contributed by atoms with E-state index in [1.807, 2.05) is 6.92 Å². The molecule has 122 valence electrons. The molecule has 1 fully saturated rings. The standard InChI is InChI=1S/C16H21F3N2O/c1-10(12-3-5-20-6-4-12)13-7-14(16(17,18)19)9-15(8-13)21-11(2)22/h7-10,12,20H,3-6H2,1-2H3,(H,21,22). The molecule has 1 aliphatic heterocycles. The molecule has 1 aromatic carbocycles. The maximum Gasteiger partial charge on any atom is 0.416 e. The van der Waals surface area contributed by atoms with Crippen LogP contribution in [-0.4, -0.2) is 19.0 Å². The van der Waals surface area contributed by atoms with Crippen LogP contribution in [0.3, 0.4) is 0 Å². The number of alkyl halides is 3. The summed E-state index contributed by atoms with van der Waals surface area (Å²) in [6.07, 6.45) is -2.52. The molecule has 3 nitrogen and oxygen atoms in total. The second-order valence-electron chi connectivity index (χ2n) is 5.90. The minimum Gasteiger partial charge on any atom is -0.326 e. The Labute approximate surface area is 128 Å². The van der Waals surface area contributed by atoms with Crippen molar-refractivity contribution in [3.05, 3.63) is 29.3 Å². The van der Waals surface area contributed by atoms with Crippen molar-refractivity contribution in [2.24, 2.45) is 5.92 Å². The van der Waals surface area contributed by atoms with Crippen molar-refractivity contribution < 1.29 is 18.0 Å². The average Bonchev–Trinajstić information content (AvgIpc) is 2.45. The van der Waals surface area contributed by atoms with Crippen LogP contribution in [0.25, 0.3) is 0 Å². The first-order chi connectivity index (χ1) is 10.3. The van der Waals surface area contributed by atoms with Crippen molar-refractivity contribution in [1.82, 2.24) is 5.32 Å². The highest BCUT2D eigenvalue weighted by Gasteiger charge is 2.32. The van der Waals surface area contributed by atoms with Gasteiger partial charge in [0.25, 0.3) is 0 Å². The van der Waals surface area contributed by atoms with Gasteiger partial charge in [-0.15, -0.1) is 0 Å². The number of hydrogen-bond acceptors (Lipinski definition) is 2. The molecule has 1 saturated heterocycles. The molecule has 6 heteroatoms. The summed E-state index contributed by atoms with van der Waals surface area (Å²) in [7, 11) is 0. The zero-order chi connectivity index (χ0) is 16.3. The number of carbonyl (C=O) groups is 1. The second kappa shape index (κ2) is 6.69. The van der Waals surface area contributed by atoms with Gasteiger partial charge in [0.2, 0.25) is 5.91 Å². The molecule has 1 amide bonds. The molecular formula is C16H21F3N2O. The van der Waals surface area contributed by atoms with Gasteiger partial charge < -0.3 is 10.6 Å². The van der Waals surface area contributed by atoms with Crippen LogP contribution in [0.5, 0.6) is 0 Å². The van der Waals surface area contributed by atoms with Gasteiger partial charge in [-0.2, -0.15) is 13.2 Å². The lowest BCUT2D eigenvalue weighted by molar-refractivity contribution is -0.137. The SMILES string of the molecule is CC(=O)Nc1cc(C(C)C2CCNCC2)cc(C(F)(F)F)c1. The van der Waals surface area contributed by atoms with Crippen LogP contribution in [0.4, 0.5) is 18.9 Å². The highest BCUT2D eigenvalue weighted by atomic mass is 19.4. The first-order valence-electron chi connectivity index (χ1n) is 7.48. The summed E-state index contributed by atoms with van der Waals surface area (Å²) in [5, 5.41) is 5.72. The van der Waals surface area contributed by atoms with E-state index in [0.717, 1.165) is 32.0 Å². The van der Waals surface area contributed by atoms with E-state index in [9.17, 15) is 18.0 Å². The third-order valence-electron chi connectivity index (χ3n) is 4.22. The average molecular weight is 314 g/mol. The Morgan fingerprint density at radius 3 is 2.45 bits per heavy atom. The summed E-state index contributed by atoms with van der Waals surface area (Å²) in [6, 6.07) is 3.85. The van der Waals surface area contributed by atoms with Crippen LogP contribution in [0, 0.1) is 5.92 Å². The normalized spacial score (nSPS) is 18.0. The van der Waals surface area contributed by atoms with Gasteiger partial charge in [-0.25, -0.2) is 0 Å². The zero-order valence-electron chi connectivity index (χ0n) is 12.8. The molecule has 0 bridgehead atoms. The second-order valence-corrected chi connectivity index (χ2v) is 5.90. The fraction of sp³-hybridized carbons (Fsp3) is 0.562. The summed E-state index contributed by atoms with van der Waals surface area (Å²) in [5.74, 6) is 0.00612. The Bertz CT molecular complexity index is 537. The Balaban J connectivity index is 2.33. The van der Waals surface area contributed by atoms with Gasteiger partial charge in [-0.05, 0) is 61.5 Å². The summed E-state index contributed by atoms with van der Waals surface area (Å²) in [4.78, 5) is 11.2. The lowest BCUT2D eigenvalue weighted by Crippen LogP contribution is -2.30. The number of rotatable bonds is 3. The molecule has 2 rings (SSSR count). The van der Waals surface area contributed by atoms with E-state index in [1.54, 1.807) is 6.07 Å². The number of benzene rings is 1. The molecule has 1 atom stereocenters. The van der Waals surface area contributed by atoms with Crippen molar-refractivity contribution >= 4 is 11.6 Å². The van der Waals surface area contributed by atoms with E-state index < -0.39 is 11.7 Å². The fourth-order valence-corrected chi connectivity index (χ4v) is 2.97. The smallest absolute Gasteiger partial charge is 0.326 e. The van der Waals surface area contributed by atoms with Gasteiger partial charge in [-0.1, -0.05) is 6.92 Å². The Hall–Kier alpha value is -1.56. The van der Waals surface area contributed by atoms with Crippen molar-refractivity contribution in [3.8, 4) is 0 Å². The number of carbonyl (C=O) groups excluding carboxylic acids is 1. The lowest BCUT2D eigenvalue weighted by atomic mass is 9.81. The van der Waals surface area contributed by atoms with E-state index in [0.29, 0.717) is 11.5 Å². The van der Waals surface area contributed by atoms with Gasteiger partial charge in [-0.3, -0.25) is 4.79 Å². The zero-order valence-corrected chi connectivity index (χ0v) is 12.8. The molecule has 0 saturated carbocycles. The largest absolute Gasteiger partial charge is 0.416 e. The van der Waals surface area contributed by atoms with Gasteiger partial charge in [0.1, 0.15) is 0 Å². The Kier molecular flexibility index (Phi) is 5.11.